The van der Waals surface area contributed by atoms with E-state index < -0.39 is 5.60 Å². The van der Waals surface area contributed by atoms with Crippen LogP contribution in [0.1, 0.15) is 77.2 Å². The Hall–Kier alpha value is -1.30. The van der Waals surface area contributed by atoms with Crippen LogP contribution >= 0.6 is 0 Å². The number of aliphatic hydroxyl groups is 2. The third-order valence-electron chi connectivity index (χ3n) is 9.98. The van der Waals surface area contributed by atoms with Crippen LogP contribution in [0.15, 0.2) is 30.3 Å². The van der Waals surface area contributed by atoms with E-state index in [1.807, 2.05) is 30.3 Å². The highest BCUT2D eigenvalue weighted by molar-refractivity contribution is 5.38. The van der Waals surface area contributed by atoms with Gasteiger partial charge in [-0.2, -0.15) is 0 Å². The summed E-state index contributed by atoms with van der Waals surface area (Å²) in [6.07, 6.45) is 9.86. The van der Waals surface area contributed by atoms with Crippen LogP contribution in [0.25, 0.3) is 0 Å². The Morgan fingerprint density at radius 3 is 2.45 bits per heavy atom. The molecule has 29 heavy (non-hydrogen) atoms. The SMILES string of the molecule is C[C@]12CC[C@@H](O)C[C@H]1CC[C@@H]1[C@@H]2CC[C@@]2(C)[C@H]1CC[C@]2(O)C#Cc1ccccc1. The molecule has 0 bridgehead atoms. The molecule has 0 aliphatic heterocycles. The lowest BCUT2D eigenvalue weighted by Gasteiger charge is -2.61. The summed E-state index contributed by atoms with van der Waals surface area (Å²) in [7, 11) is 0. The van der Waals surface area contributed by atoms with E-state index in [0.717, 1.165) is 49.5 Å². The highest BCUT2D eigenvalue weighted by Gasteiger charge is 2.64. The maximum absolute atomic E-state index is 11.7. The zero-order valence-electron chi connectivity index (χ0n) is 18.0. The number of hydrogen-bond donors (Lipinski definition) is 2. The van der Waals surface area contributed by atoms with Crippen molar-refractivity contribution < 1.29 is 10.2 Å². The molecular weight excluding hydrogens is 356 g/mol. The molecule has 8 atom stereocenters. The highest BCUT2D eigenvalue weighted by Crippen LogP contribution is 2.68. The quantitative estimate of drug-likeness (QED) is 0.598. The predicted molar refractivity (Wildman–Crippen MR) is 116 cm³/mol. The molecule has 5 rings (SSSR count). The molecule has 1 aromatic carbocycles. The minimum Gasteiger partial charge on any atom is -0.393 e. The van der Waals surface area contributed by atoms with Crippen molar-refractivity contribution in [2.75, 3.05) is 0 Å². The summed E-state index contributed by atoms with van der Waals surface area (Å²) in [6, 6.07) is 10.1. The third-order valence-corrected chi connectivity index (χ3v) is 9.98. The van der Waals surface area contributed by atoms with Crippen molar-refractivity contribution >= 4 is 0 Å². The standard InChI is InChI=1S/C27H36O2/c1-25-14-11-21(28)18-20(25)8-9-22-23(25)12-15-26(2)24(22)13-17-27(26,29)16-10-19-6-4-3-5-7-19/h3-7,20-24,28-29H,8-9,11-15,17-18H2,1-2H3/t20-,21-,22-,23+,24+,25+,26+,27-/m1/s1. The van der Waals surface area contributed by atoms with Crippen LogP contribution in [0, 0.1) is 46.3 Å². The Morgan fingerprint density at radius 2 is 1.66 bits per heavy atom. The van der Waals surface area contributed by atoms with E-state index in [4.69, 9.17) is 0 Å². The predicted octanol–water partition coefficient (Wildman–Crippen LogP) is 5.17. The van der Waals surface area contributed by atoms with Crippen LogP contribution in [0.4, 0.5) is 0 Å². The number of rotatable bonds is 0. The van der Waals surface area contributed by atoms with Gasteiger partial charge in [0, 0.05) is 11.0 Å². The number of aliphatic hydroxyl groups excluding tert-OH is 1. The molecular formula is C27H36O2. The summed E-state index contributed by atoms with van der Waals surface area (Å²) in [5.74, 6) is 9.40. The molecule has 0 heterocycles. The van der Waals surface area contributed by atoms with E-state index in [2.05, 4.69) is 25.7 Å². The van der Waals surface area contributed by atoms with Crippen LogP contribution in [-0.4, -0.2) is 21.9 Å². The van der Waals surface area contributed by atoms with Gasteiger partial charge in [-0.3, -0.25) is 0 Å². The summed E-state index contributed by atoms with van der Waals surface area (Å²) >= 11 is 0. The molecule has 1 aromatic rings. The van der Waals surface area contributed by atoms with Crippen molar-refractivity contribution in [3.63, 3.8) is 0 Å². The Balaban J connectivity index is 1.42. The van der Waals surface area contributed by atoms with Gasteiger partial charge in [0.15, 0.2) is 0 Å². The Kier molecular flexibility index (Phi) is 4.65. The molecule has 4 aliphatic carbocycles. The van der Waals surface area contributed by atoms with Crippen molar-refractivity contribution in [3.05, 3.63) is 35.9 Å². The molecule has 0 spiro atoms. The first kappa shape index (κ1) is 19.7. The molecule has 4 aliphatic rings. The highest BCUT2D eigenvalue weighted by atomic mass is 16.3. The van der Waals surface area contributed by atoms with Gasteiger partial charge in [-0.1, -0.05) is 43.9 Å². The minimum atomic E-state index is -0.862. The summed E-state index contributed by atoms with van der Waals surface area (Å²) in [5.41, 5.74) is 0.433. The van der Waals surface area contributed by atoms with Crippen molar-refractivity contribution in [2.24, 2.45) is 34.5 Å². The molecule has 2 heteroatoms. The van der Waals surface area contributed by atoms with E-state index in [1.165, 1.54) is 25.7 Å². The number of hydrogen-bond acceptors (Lipinski definition) is 2. The average molecular weight is 393 g/mol. The second-order valence-corrected chi connectivity index (χ2v) is 11.1. The Morgan fingerprint density at radius 1 is 0.897 bits per heavy atom. The zero-order chi connectivity index (χ0) is 20.3. The zero-order valence-corrected chi connectivity index (χ0v) is 18.0. The minimum absolute atomic E-state index is 0.0803. The molecule has 156 valence electrons. The first-order valence-corrected chi connectivity index (χ1v) is 11.8. The first-order chi connectivity index (χ1) is 13.9. The van der Waals surface area contributed by atoms with Crippen molar-refractivity contribution in [3.8, 4) is 11.8 Å². The molecule has 0 saturated heterocycles. The van der Waals surface area contributed by atoms with Crippen LogP contribution in [0.5, 0.6) is 0 Å². The second-order valence-electron chi connectivity index (χ2n) is 11.1. The van der Waals surface area contributed by atoms with Crippen LogP contribution in [-0.2, 0) is 0 Å². The smallest absolute Gasteiger partial charge is 0.131 e. The van der Waals surface area contributed by atoms with Crippen molar-refractivity contribution in [1.82, 2.24) is 0 Å². The molecule has 0 unspecified atom stereocenters. The molecule has 0 aromatic heterocycles. The monoisotopic (exact) mass is 392 g/mol. The van der Waals surface area contributed by atoms with Gasteiger partial charge < -0.3 is 10.2 Å². The van der Waals surface area contributed by atoms with Gasteiger partial charge in [-0.25, -0.2) is 0 Å². The topological polar surface area (TPSA) is 40.5 Å². The molecule has 4 fully saturated rings. The van der Waals surface area contributed by atoms with Gasteiger partial charge in [0.05, 0.1) is 6.10 Å². The van der Waals surface area contributed by atoms with Gasteiger partial charge in [0.1, 0.15) is 5.60 Å². The van der Waals surface area contributed by atoms with Crippen molar-refractivity contribution in [1.29, 1.82) is 0 Å². The second kappa shape index (κ2) is 6.86. The molecule has 2 nitrogen and oxygen atoms in total. The molecule has 2 N–H and O–H groups in total. The summed E-state index contributed by atoms with van der Waals surface area (Å²) in [6.45, 7) is 4.86. The van der Waals surface area contributed by atoms with E-state index in [1.54, 1.807) is 0 Å². The van der Waals surface area contributed by atoms with Gasteiger partial charge in [-0.05, 0) is 99.0 Å². The van der Waals surface area contributed by atoms with E-state index in [-0.39, 0.29) is 11.5 Å². The van der Waals surface area contributed by atoms with E-state index in [9.17, 15) is 10.2 Å². The van der Waals surface area contributed by atoms with Crippen molar-refractivity contribution in [2.45, 2.75) is 83.3 Å². The maximum Gasteiger partial charge on any atom is 0.131 e. The van der Waals surface area contributed by atoms with E-state index in [0.29, 0.717) is 17.3 Å². The van der Waals surface area contributed by atoms with Crippen LogP contribution < -0.4 is 0 Å². The number of benzene rings is 1. The summed E-state index contributed by atoms with van der Waals surface area (Å²) in [4.78, 5) is 0. The number of fused-ring (bicyclic) bond motifs is 5. The first-order valence-electron chi connectivity index (χ1n) is 11.8. The lowest BCUT2D eigenvalue weighted by molar-refractivity contribution is -0.144. The fourth-order valence-electron chi connectivity index (χ4n) is 8.15. The Bertz CT molecular complexity index is 822. The van der Waals surface area contributed by atoms with Gasteiger partial charge in [0.2, 0.25) is 0 Å². The summed E-state index contributed by atoms with van der Waals surface area (Å²) < 4.78 is 0. The third kappa shape index (κ3) is 2.92. The lowest BCUT2D eigenvalue weighted by Crippen LogP contribution is -2.56. The normalized spacial score (nSPS) is 48.6. The van der Waals surface area contributed by atoms with Crippen LogP contribution in [0.2, 0.25) is 0 Å². The fraction of sp³-hybridized carbons (Fsp3) is 0.704. The van der Waals surface area contributed by atoms with Gasteiger partial charge in [-0.15, -0.1) is 0 Å². The van der Waals surface area contributed by atoms with Crippen LogP contribution in [0.3, 0.4) is 0 Å². The lowest BCUT2D eigenvalue weighted by atomic mass is 9.44. The van der Waals surface area contributed by atoms with Gasteiger partial charge >= 0.3 is 0 Å². The van der Waals surface area contributed by atoms with E-state index >= 15 is 0 Å². The Labute approximate surface area is 176 Å². The largest absolute Gasteiger partial charge is 0.393 e. The fourth-order valence-corrected chi connectivity index (χ4v) is 8.15. The average Bonchev–Trinajstić information content (AvgIpc) is 2.99. The summed E-state index contributed by atoms with van der Waals surface area (Å²) in [5, 5.41) is 21.9. The molecule has 0 amide bonds. The molecule has 0 radical (unpaired) electrons. The van der Waals surface area contributed by atoms with Gasteiger partial charge in [0.25, 0.3) is 0 Å². The maximum atomic E-state index is 11.7. The molecule has 4 saturated carbocycles.